The molecule has 1 heterocycles. The number of hydrogen-bond donors (Lipinski definition) is 0. The first-order chi connectivity index (χ1) is 2.96. The first kappa shape index (κ1) is 9.80. The second kappa shape index (κ2) is 2.44. The molecule has 0 radical (unpaired) electrons. The summed E-state index contributed by atoms with van der Waals surface area (Å²) in [6.07, 6.45) is 0. The van der Waals surface area contributed by atoms with Crippen LogP contribution in [0.1, 0.15) is 0 Å². The van der Waals surface area contributed by atoms with Crippen LogP contribution < -0.4 is 12.4 Å². The van der Waals surface area contributed by atoms with E-state index in [1.165, 1.54) is 0 Å². The van der Waals surface area contributed by atoms with E-state index >= 15 is 0 Å². The molecule has 1 fully saturated rings. The lowest BCUT2D eigenvalue weighted by atomic mass is 10.9. The minimum absolute atomic E-state index is 0. The molecule has 0 aliphatic carbocycles. The van der Waals surface area contributed by atoms with Crippen LogP contribution in [-0.2, 0) is 0 Å². The van der Waals surface area contributed by atoms with Gasteiger partial charge in [0, 0.05) is 0 Å². The van der Waals surface area contributed by atoms with Crippen LogP contribution >= 0.6 is 58.2 Å². The van der Waals surface area contributed by atoms with Crippen molar-refractivity contribution < 1.29 is 12.4 Å². The smallest absolute Gasteiger partial charge is 0.208 e. The Morgan fingerprint density at radius 2 is 1.00 bits per heavy atom. The predicted molar refractivity (Wildman–Crippen MR) is 36.5 cm³/mol. The first-order valence-electron chi connectivity index (χ1n) is 1.41. The van der Waals surface area contributed by atoms with Crippen molar-refractivity contribution in [2.24, 2.45) is 0 Å². The first-order valence-corrected chi connectivity index (χ1v) is 3.74. The second-order valence-electron chi connectivity index (χ2n) is 1.14. The Balaban J connectivity index is 0.000000490. The van der Waals surface area contributed by atoms with Crippen molar-refractivity contribution in [2.45, 2.75) is 7.33 Å². The Kier molecular flexibility index (Phi) is 2.99. The highest BCUT2D eigenvalue weighted by Gasteiger charge is 2.67. The van der Waals surface area contributed by atoms with Gasteiger partial charge in [0.25, 0.3) is 0 Å². The van der Waals surface area contributed by atoms with Gasteiger partial charge in [-0.3, -0.25) is 0 Å². The molecule has 0 bridgehead atoms. The summed E-state index contributed by atoms with van der Waals surface area (Å²) in [5, 5.41) is 0. The number of rotatable bonds is 0. The average molecular weight is 233 g/mol. The summed E-state index contributed by atoms with van der Waals surface area (Å²) in [4.78, 5) is 0. The molecule has 1 rings (SSSR count). The molecule has 0 unspecified atom stereocenters. The Hall–Kier alpha value is 1.80. The third kappa shape index (κ3) is 1.65. The van der Waals surface area contributed by atoms with E-state index in [0.717, 1.165) is 11.8 Å². The van der Waals surface area contributed by atoms with E-state index in [1.807, 2.05) is 0 Å². The standard InChI is InChI=1S/C2Cl4S.ClH/c3-1(4)2(5,6)7-1;/h;1H/p-1. The molecule has 0 aromatic heterocycles. The lowest BCUT2D eigenvalue weighted by Crippen LogP contribution is -3.00. The van der Waals surface area contributed by atoms with Gasteiger partial charge >= 0.3 is 0 Å². The monoisotopic (exact) mass is 231 g/mol. The predicted octanol–water partition coefficient (Wildman–Crippen LogP) is -0.000000000000000444. The number of hydrogen-bond acceptors (Lipinski definition) is 1. The zero-order valence-corrected chi connectivity index (χ0v) is 7.89. The molecule has 0 amide bonds. The number of thioether (sulfide) groups is 1. The second-order valence-corrected chi connectivity index (χ2v) is 6.12. The fourth-order valence-electron chi connectivity index (χ4n) is 0.135. The van der Waals surface area contributed by atoms with Gasteiger partial charge in [-0.15, -0.1) is 0 Å². The van der Waals surface area contributed by atoms with Gasteiger partial charge in [-0.1, -0.05) is 58.2 Å². The molecule has 50 valence electrons. The van der Waals surface area contributed by atoms with E-state index in [2.05, 4.69) is 0 Å². The molecule has 1 aliphatic rings. The lowest BCUT2D eigenvalue weighted by molar-refractivity contribution is -0.000000992. The minimum Gasteiger partial charge on any atom is -1.00 e. The van der Waals surface area contributed by atoms with E-state index in [9.17, 15) is 0 Å². The Morgan fingerprint density at radius 1 is 0.875 bits per heavy atom. The number of alkyl halides is 4. The normalized spacial score (nSPS) is 28.5. The van der Waals surface area contributed by atoms with Crippen molar-refractivity contribution in [3.63, 3.8) is 0 Å². The highest BCUT2D eigenvalue weighted by Crippen LogP contribution is 2.74. The Morgan fingerprint density at radius 3 is 1.00 bits per heavy atom. The van der Waals surface area contributed by atoms with Crippen LogP contribution in [0.2, 0.25) is 0 Å². The van der Waals surface area contributed by atoms with E-state index in [-0.39, 0.29) is 12.4 Å². The molecular weight excluding hydrogens is 233 g/mol. The summed E-state index contributed by atoms with van der Waals surface area (Å²) in [6, 6.07) is 0. The molecule has 8 heavy (non-hydrogen) atoms. The zero-order chi connectivity index (χ0) is 5.71. The molecule has 1 aliphatic heterocycles. The summed E-state index contributed by atoms with van der Waals surface area (Å²) >= 11 is 22.7. The molecule has 0 nitrogen and oxygen atoms in total. The Labute approximate surface area is 77.6 Å². The van der Waals surface area contributed by atoms with Crippen LogP contribution in [0.4, 0.5) is 0 Å². The molecule has 0 aromatic rings. The van der Waals surface area contributed by atoms with Gasteiger partial charge in [0.05, 0.1) is 0 Å². The minimum atomic E-state index is -0.962. The van der Waals surface area contributed by atoms with Crippen LogP contribution in [0, 0.1) is 0 Å². The van der Waals surface area contributed by atoms with Crippen LogP contribution in [0.15, 0.2) is 0 Å². The van der Waals surface area contributed by atoms with Crippen molar-refractivity contribution in [1.29, 1.82) is 0 Å². The van der Waals surface area contributed by atoms with Gasteiger partial charge in [-0.25, -0.2) is 0 Å². The fourth-order valence-corrected chi connectivity index (χ4v) is 2.27. The summed E-state index contributed by atoms with van der Waals surface area (Å²) < 4.78 is -1.92. The Bertz CT molecular complexity index is 86.6. The maximum absolute atomic E-state index is 5.40. The third-order valence-electron chi connectivity index (χ3n) is 0.554. The largest absolute Gasteiger partial charge is 1.00 e. The molecule has 0 N–H and O–H groups in total. The van der Waals surface area contributed by atoms with Crippen molar-refractivity contribution in [3.05, 3.63) is 0 Å². The third-order valence-corrected chi connectivity index (χ3v) is 4.37. The molecule has 0 atom stereocenters. The molecule has 0 saturated carbocycles. The van der Waals surface area contributed by atoms with Crippen LogP contribution in [-0.4, -0.2) is 7.33 Å². The maximum atomic E-state index is 5.40. The molecular formula is C2Cl5S-. The summed E-state index contributed by atoms with van der Waals surface area (Å²) in [5.74, 6) is 0. The number of halogens is 5. The molecule has 1 saturated heterocycles. The van der Waals surface area contributed by atoms with E-state index in [1.54, 1.807) is 0 Å². The zero-order valence-electron chi connectivity index (χ0n) is 3.30. The van der Waals surface area contributed by atoms with Gasteiger partial charge in [-0.2, -0.15) is 0 Å². The summed E-state index contributed by atoms with van der Waals surface area (Å²) in [7, 11) is 0. The van der Waals surface area contributed by atoms with Gasteiger partial charge < -0.3 is 12.4 Å². The van der Waals surface area contributed by atoms with Crippen molar-refractivity contribution in [2.75, 3.05) is 0 Å². The topological polar surface area (TPSA) is 0 Å². The summed E-state index contributed by atoms with van der Waals surface area (Å²) in [6.45, 7) is 0. The van der Waals surface area contributed by atoms with E-state index in [0.29, 0.717) is 0 Å². The van der Waals surface area contributed by atoms with Crippen LogP contribution in [0.3, 0.4) is 0 Å². The van der Waals surface area contributed by atoms with Crippen molar-refractivity contribution >= 4 is 58.2 Å². The lowest BCUT2D eigenvalue weighted by Gasteiger charge is -1.90. The quantitative estimate of drug-likeness (QED) is 0.419. The maximum Gasteiger partial charge on any atom is 0.208 e. The van der Waals surface area contributed by atoms with Crippen molar-refractivity contribution in [3.8, 4) is 0 Å². The average Bonchev–Trinajstić information content (AvgIpc) is 1.63. The summed E-state index contributed by atoms with van der Waals surface area (Å²) in [5.41, 5.74) is 0. The highest BCUT2D eigenvalue weighted by atomic mass is 35.5. The van der Waals surface area contributed by atoms with Crippen molar-refractivity contribution in [1.82, 2.24) is 0 Å². The van der Waals surface area contributed by atoms with E-state index in [4.69, 9.17) is 46.4 Å². The fraction of sp³-hybridized carbons (Fsp3) is 1.00. The van der Waals surface area contributed by atoms with Crippen LogP contribution in [0.5, 0.6) is 0 Å². The van der Waals surface area contributed by atoms with Gasteiger partial charge in [-0.05, 0) is 0 Å². The SMILES string of the molecule is ClC1(Cl)SC1(Cl)Cl.[Cl-]. The molecule has 0 spiro atoms. The van der Waals surface area contributed by atoms with Gasteiger partial charge in [0.15, 0.2) is 0 Å². The molecule has 6 heteroatoms. The highest BCUT2D eigenvalue weighted by molar-refractivity contribution is 8.15. The molecule has 0 aromatic carbocycles. The van der Waals surface area contributed by atoms with Crippen LogP contribution in [0.25, 0.3) is 0 Å². The van der Waals surface area contributed by atoms with E-state index < -0.39 is 7.33 Å². The van der Waals surface area contributed by atoms with Gasteiger partial charge in [0.2, 0.25) is 7.33 Å². The van der Waals surface area contributed by atoms with Gasteiger partial charge in [0.1, 0.15) is 0 Å².